The van der Waals surface area contributed by atoms with Gasteiger partial charge in [0, 0.05) is 18.1 Å². The van der Waals surface area contributed by atoms with Gasteiger partial charge in [-0.05, 0) is 62.2 Å². The van der Waals surface area contributed by atoms with Crippen molar-refractivity contribution in [2.75, 3.05) is 0 Å². The minimum Gasteiger partial charge on any atom is -0.294 e. The van der Waals surface area contributed by atoms with Crippen LogP contribution in [0, 0.1) is 35.5 Å². The van der Waals surface area contributed by atoms with Gasteiger partial charge < -0.3 is 0 Å². The third-order valence-corrected chi connectivity index (χ3v) is 6.07. The van der Waals surface area contributed by atoms with Crippen molar-refractivity contribution in [3.8, 4) is 0 Å². The molecule has 1 nitrogen and oxygen atoms in total. The van der Waals surface area contributed by atoms with Crippen LogP contribution in [-0.4, -0.2) is 23.0 Å². The van der Waals surface area contributed by atoms with Crippen LogP contribution in [0.4, 0.5) is 0 Å². The molecule has 1 heteroatoms. The average molecular weight is 310 g/mol. The number of hydrogen-bond acceptors (Lipinski definition) is 1. The first-order valence-corrected chi connectivity index (χ1v) is 9.86. The van der Waals surface area contributed by atoms with Crippen molar-refractivity contribution in [1.82, 2.24) is 4.90 Å². The summed E-state index contributed by atoms with van der Waals surface area (Å²) >= 11 is 0. The lowest BCUT2D eigenvalue weighted by molar-refractivity contribution is -0.0111. The highest BCUT2D eigenvalue weighted by atomic mass is 15.2. The maximum Gasteiger partial charge on any atom is 0.0155 e. The van der Waals surface area contributed by atoms with Gasteiger partial charge in [0.1, 0.15) is 0 Å². The van der Waals surface area contributed by atoms with Crippen LogP contribution in [-0.2, 0) is 0 Å². The van der Waals surface area contributed by atoms with Gasteiger partial charge in [0.25, 0.3) is 0 Å². The van der Waals surface area contributed by atoms with E-state index >= 15 is 0 Å². The quantitative estimate of drug-likeness (QED) is 0.594. The fourth-order valence-corrected chi connectivity index (χ4v) is 5.19. The normalized spacial score (nSPS) is 31.8. The summed E-state index contributed by atoms with van der Waals surface area (Å²) in [6, 6.07) is 2.10. The Morgan fingerprint density at radius 1 is 0.545 bits per heavy atom. The highest BCUT2D eigenvalue weighted by Gasteiger charge is 2.44. The molecule has 0 amide bonds. The SMILES string of the molecule is CC(C)C1CCC(C(C)C)C(C(C)C)N(C(C)C)C1C(C)C. The molecule has 0 bridgehead atoms. The van der Waals surface area contributed by atoms with Gasteiger partial charge in [0.15, 0.2) is 0 Å². The van der Waals surface area contributed by atoms with Gasteiger partial charge >= 0.3 is 0 Å². The molecule has 0 aromatic carbocycles. The smallest absolute Gasteiger partial charge is 0.0155 e. The van der Waals surface area contributed by atoms with E-state index in [4.69, 9.17) is 0 Å². The molecule has 0 N–H and O–H groups in total. The van der Waals surface area contributed by atoms with E-state index in [1.54, 1.807) is 0 Å². The van der Waals surface area contributed by atoms with Crippen molar-refractivity contribution in [2.45, 2.75) is 100 Å². The minimum atomic E-state index is 0.639. The molecule has 1 heterocycles. The summed E-state index contributed by atoms with van der Waals surface area (Å²) in [5.41, 5.74) is 0. The Morgan fingerprint density at radius 2 is 0.864 bits per heavy atom. The Labute approximate surface area is 141 Å². The number of rotatable bonds is 5. The topological polar surface area (TPSA) is 3.24 Å². The second-order valence-corrected chi connectivity index (χ2v) is 9.40. The van der Waals surface area contributed by atoms with Gasteiger partial charge in [0.05, 0.1) is 0 Å². The van der Waals surface area contributed by atoms with Gasteiger partial charge in [0.2, 0.25) is 0 Å². The summed E-state index contributed by atoms with van der Waals surface area (Å²) in [4.78, 5) is 2.94. The van der Waals surface area contributed by atoms with Crippen LogP contribution in [0.5, 0.6) is 0 Å². The highest BCUT2D eigenvalue weighted by molar-refractivity contribution is 4.97. The molecule has 0 aliphatic carbocycles. The molecule has 1 aliphatic rings. The third kappa shape index (κ3) is 4.28. The second kappa shape index (κ2) is 8.18. The van der Waals surface area contributed by atoms with Crippen molar-refractivity contribution in [3.05, 3.63) is 0 Å². The third-order valence-electron chi connectivity index (χ3n) is 6.07. The fraction of sp³-hybridized carbons (Fsp3) is 1.00. The van der Waals surface area contributed by atoms with Crippen molar-refractivity contribution in [1.29, 1.82) is 0 Å². The molecule has 4 unspecified atom stereocenters. The second-order valence-electron chi connectivity index (χ2n) is 9.40. The molecule has 22 heavy (non-hydrogen) atoms. The molecule has 0 spiro atoms. The van der Waals surface area contributed by atoms with E-state index < -0.39 is 0 Å². The molecule has 0 saturated carbocycles. The molecule has 1 saturated heterocycles. The van der Waals surface area contributed by atoms with E-state index in [9.17, 15) is 0 Å². The molecular weight excluding hydrogens is 266 g/mol. The largest absolute Gasteiger partial charge is 0.294 e. The van der Waals surface area contributed by atoms with Gasteiger partial charge in [-0.2, -0.15) is 0 Å². The van der Waals surface area contributed by atoms with Crippen molar-refractivity contribution < 1.29 is 0 Å². The highest BCUT2D eigenvalue weighted by Crippen LogP contribution is 2.43. The first kappa shape index (κ1) is 20.0. The van der Waals surface area contributed by atoms with Crippen LogP contribution in [0.2, 0.25) is 0 Å². The Hall–Kier alpha value is -0.0400. The molecule has 4 atom stereocenters. The summed E-state index contributed by atoms with van der Waals surface area (Å²) in [6.45, 7) is 24.4. The number of hydrogen-bond donors (Lipinski definition) is 0. The number of likely N-dealkylation sites (tertiary alicyclic amines) is 1. The first-order chi connectivity index (χ1) is 10.1. The predicted molar refractivity (Wildman–Crippen MR) is 100 cm³/mol. The molecule has 0 aromatic heterocycles. The average Bonchev–Trinajstić information content (AvgIpc) is 2.54. The lowest BCUT2D eigenvalue weighted by Gasteiger charge is -2.49. The molecule has 132 valence electrons. The van der Waals surface area contributed by atoms with Crippen LogP contribution in [0.3, 0.4) is 0 Å². The van der Waals surface area contributed by atoms with E-state index in [2.05, 4.69) is 74.1 Å². The van der Waals surface area contributed by atoms with Crippen LogP contribution < -0.4 is 0 Å². The zero-order valence-electron chi connectivity index (χ0n) is 17.1. The Kier molecular flexibility index (Phi) is 7.43. The Morgan fingerprint density at radius 3 is 1.05 bits per heavy atom. The van der Waals surface area contributed by atoms with Gasteiger partial charge in [-0.1, -0.05) is 55.4 Å². The van der Waals surface area contributed by atoms with Gasteiger partial charge in [-0.15, -0.1) is 0 Å². The lowest BCUT2D eigenvalue weighted by Crippen LogP contribution is -2.56. The first-order valence-electron chi connectivity index (χ1n) is 9.86. The van der Waals surface area contributed by atoms with Crippen LogP contribution >= 0.6 is 0 Å². The lowest BCUT2D eigenvalue weighted by atomic mass is 9.78. The maximum absolute atomic E-state index is 2.94. The molecule has 1 aliphatic heterocycles. The van der Waals surface area contributed by atoms with E-state index in [0.717, 1.165) is 47.6 Å². The molecule has 1 fully saturated rings. The number of nitrogens with zero attached hydrogens (tertiary/aromatic N) is 1. The summed E-state index contributed by atoms with van der Waals surface area (Å²) in [6.07, 6.45) is 2.82. The maximum atomic E-state index is 2.94. The Balaban J connectivity index is 3.35. The van der Waals surface area contributed by atoms with Crippen molar-refractivity contribution >= 4 is 0 Å². The molecular formula is C21H43N. The predicted octanol–water partition coefficient (Wildman–Crippen LogP) is 6.08. The van der Waals surface area contributed by atoms with Crippen LogP contribution in [0.1, 0.15) is 82.1 Å². The van der Waals surface area contributed by atoms with Crippen molar-refractivity contribution in [2.24, 2.45) is 35.5 Å². The monoisotopic (exact) mass is 309 g/mol. The fourth-order valence-electron chi connectivity index (χ4n) is 5.19. The molecule has 0 radical (unpaired) electrons. The van der Waals surface area contributed by atoms with Crippen LogP contribution in [0.25, 0.3) is 0 Å². The molecule has 1 rings (SSSR count). The van der Waals surface area contributed by atoms with E-state index in [0.29, 0.717) is 6.04 Å². The van der Waals surface area contributed by atoms with E-state index in [-0.39, 0.29) is 0 Å². The van der Waals surface area contributed by atoms with Gasteiger partial charge in [-0.3, -0.25) is 4.90 Å². The standard InChI is InChI=1S/C21H43N/c1-13(2)18-11-12-19(14(3)4)21(16(7)8)22(17(9)10)20(18)15(5)6/h13-21H,11-12H2,1-10H3. The van der Waals surface area contributed by atoms with Crippen molar-refractivity contribution in [3.63, 3.8) is 0 Å². The summed E-state index contributed by atoms with van der Waals surface area (Å²) in [7, 11) is 0. The van der Waals surface area contributed by atoms with E-state index in [1.165, 1.54) is 12.8 Å². The Bertz CT molecular complexity index is 288. The summed E-state index contributed by atoms with van der Waals surface area (Å²) in [5, 5.41) is 0. The summed E-state index contributed by atoms with van der Waals surface area (Å²) < 4.78 is 0. The summed E-state index contributed by atoms with van der Waals surface area (Å²) in [5.74, 6) is 4.73. The molecule has 0 aromatic rings. The minimum absolute atomic E-state index is 0.639. The zero-order valence-corrected chi connectivity index (χ0v) is 17.1. The van der Waals surface area contributed by atoms with Crippen LogP contribution in [0.15, 0.2) is 0 Å². The van der Waals surface area contributed by atoms with E-state index in [1.807, 2.05) is 0 Å². The zero-order chi connectivity index (χ0) is 17.2. The van der Waals surface area contributed by atoms with Gasteiger partial charge in [-0.25, -0.2) is 0 Å².